The molecular formula is C16H11NO7. The topological polar surface area (TPSA) is 127 Å². The second-order valence-electron chi connectivity index (χ2n) is 4.92. The quantitative estimate of drug-likeness (QED) is 0.551. The van der Waals surface area contributed by atoms with E-state index in [9.17, 15) is 19.2 Å². The number of aromatic amines is 1. The van der Waals surface area contributed by atoms with Gasteiger partial charge in [0.25, 0.3) is 5.56 Å². The highest BCUT2D eigenvalue weighted by molar-refractivity contribution is 6.05. The number of rotatable bonds is 3. The van der Waals surface area contributed by atoms with Gasteiger partial charge in [-0.15, -0.1) is 0 Å². The van der Waals surface area contributed by atoms with Crippen LogP contribution in [0.3, 0.4) is 0 Å². The minimum Gasteiger partial charge on any atom is -0.475 e. The van der Waals surface area contributed by atoms with Gasteiger partial charge in [-0.25, -0.2) is 9.59 Å². The first-order valence-corrected chi connectivity index (χ1v) is 6.96. The van der Waals surface area contributed by atoms with Gasteiger partial charge in [0, 0.05) is 11.5 Å². The molecule has 0 amide bonds. The Morgan fingerprint density at radius 3 is 2.67 bits per heavy atom. The Morgan fingerprint density at radius 1 is 1.25 bits per heavy atom. The van der Waals surface area contributed by atoms with Gasteiger partial charge < -0.3 is 19.2 Å². The summed E-state index contributed by atoms with van der Waals surface area (Å²) in [6.07, 6.45) is 0. The lowest BCUT2D eigenvalue weighted by Gasteiger charge is -2.06. The van der Waals surface area contributed by atoms with Crippen LogP contribution in [0.2, 0.25) is 0 Å². The van der Waals surface area contributed by atoms with Crippen LogP contribution < -0.4 is 11.0 Å². The number of ether oxygens (including phenoxy) is 1. The number of hydrogen-bond acceptors (Lipinski definition) is 6. The molecule has 24 heavy (non-hydrogen) atoms. The van der Waals surface area contributed by atoms with E-state index in [0.717, 1.165) is 6.07 Å². The highest BCUT2D eigenvalue weighted by Crippen LogP contribution is 2.22. The standard InChI is InChI=1S/C16H11NO7/c1-2-23-16(22)7-3-4-9-8(5-7)13-12(14(19)17-9)10(18)6-11(24-13)15(20)21/h3-6H,2H2,1H3,(H,17,19)(H,20,21). The molecule has 1 aromatic carbocycles. The molecule has 3 rings (SSSR count). The van der Waals surface area contributed by atoms with Gasteiger partial charge in [0.15, 0.2) is 11.0 Å². The van der Waals surface area contributed by atoms with Gasteiger partial charge in [0.05, 0.1) is 17.7 Å². The SMILES string of the molecule is CCOC(=O)c1ccc2[nH]c(=O)c3c(=O)cc(C(=O)O)oc3c2c1. The number of carboxylic acid groups (broad SMARTS) is 1. The van der Waals surface area contributed by atoms with Crippen molar-refractivity contribution in [1.82, 2.24) is 4.98 Å². The highest BCUT2D eigenvalue weighted by atomic mass is 16.5. The number of fused-ring (bicyclic) bond motifs is 3. The molecule has 0 aliphatic heterocycles. The number of benzene rings is 1. The average molecular weight is 329 g/mol. The molecule has 2 aromatic heterocycles. The number of aromatic carboxylic acids is 1. The summed E-state index contributed by atoms with van der Waals surface area (Å²) >= 11 is 0. The monoisotopic (exact) mass is 329 g/mol. The number of hydrogen-bond donors (Lipinski definition) is 2. The lowest BCUT2D eigenvalue weighted by Crippen LogP contribution is -2.17. The van der Waals surface area contributed by atoms with Gasteiger partial charge in [0.1, 0.15) is 5.39 Å². The van der Waals surface area contributed by atoms with Crippen LogP contribution in [0.15, 0.2) is 38.3 Å². The Hall–Kier alpha value is -3.42. The number of nitrogens with one attached hydrogen (secondary N) is 1. The van der Waals surface area contributed by atoms with E-state index in [0.29, 0.717) is 5.52 Å². The number of H-pyrrole nitrogens is 1. The largest absolute Gasteiger partial charge is 0.475 e. The number of esters is 1. The third-order valence-electron chi connectivity index (χ3n) is 3.41. The highest BCUT2D eigenvalue weighted by Gasteiger charge is 2.17. The van der Waals surface area contributed by atoms with E-state index in [-0.39, 0.29) is 28.5 Å². The smallest absolute Gasteiger partial charge is 0.371 e. The molecule has 0 saturated carbocycles. The number of pyridine rings is 1. The minimum absolute atomic E-state index is 0.182. The third kappa shape index (κ3) is 2.43. The first-order chi connectivity index (χ1) is 11.4. The molecule has 122 valence electrons. The zero-order chi connectivity index (χ0) is 17.4. The van der Waals surface area contributed by atoms with E-state index < -0.39 is 28.7 Å². The molecule has 0 fully saturated rings. The fraction of sp³-hybridized carbons (Fsp3) is 0.125. The fourth-order valence-electron chi connectivity index (χ4n) is 2.37. The molecule has 0 saturated heterocycles. The van der Waals surface area contributed by atoms with E-state index >= 15 is 0 Å². The van der Waals surface area contributed by atoms with Crippen molar-refractivity contribution < 1.29 is 23.8 Å². The van der Waals surface area contributed by atoms with Crippen molar-refractivity contribution in [2.75, 3.05) is 6.61 Å². The van der Waals surface area contributed by atoms with Crippen LogP contribution in [-0.4, -0.2) is 28.6 Å². The molecule has 8 heteroatoms. The second-order valence-corrected chi connectivity index (χ2v) is 4.92. The summed E-state index contributed by atoms with van der Waals surface area (Å²) in [7, 11) is 0. The van der Waals surface area contributed by atoms with Crippen molar-refractivity contribution in [3.63, 3.8) is 0 Å². The molecule has 3 aromatic rings. The zero-order valence-corrected chi connectivity index (χ0v) is 12.4. The summed E-state index contributed by atoms with van der Waals surface area (Å²) in [5.41, 5.74) is -1.19. The van der Waals surface area contributed by atoms with Crippen LogP contribution in [0.4, 0.5) is 0 Å². The summed E-state index contributed by atoms with van der Waals surface area (Å²) in [6.45, 7) is 1.84. The molecule has 8 nitrogen and oxygen atoms in total. The Kier molecular flexibility index (Phi) is 3.64. The average Bonchev–Trinajstić information content (AvgIpc) is 2.54. The maximum Gasteiger partial charge on any atom is 0.371 e. The Balaban J connectivity index is 2.44. The molecule has 0 aliphatic rings. The Bertz CT molecular complexity index is 1110. The van der Waals surface area contributed by atoms with Crippen molar-refractivity contribution in [2.24, 2.45) is 0 Å². The van der Waals surface area contributed by atoms with Crippen molar-refractivity contribution >= 4 is 33.8 Å². The summed E-state index contributed by atoms with van der Waals surface area (Å²) < 4.78 is 10.1. The van der Waals surface area contributed by atoms with Gasteiger partial charge in [-0.1, -0.05) is 0 Å². The van der Waals surface area contributed by atoms with Crippen molar-refractivity contribution in [1.29, 1.82) is 0 Å². The van der Waals surface area contributed by atoms with Crippen molar-refractivity contribution in [3.8, 4) is 0 Å². The van der Waals surface area contributed by atoms with E-state index in [1.54, 1.807) is 6.92 Å². The normalized spacial score (nSPS) is 10.9. The van der Waals surface area contributed by atoms with Crippen LogP contribution in [0.1, 0.15) is 27.8 Å². The van der Waals surface area contributed by atoms with Gasteiger partial charge >= 0.3 is 11.9 Å². The lowest BCUT2D eigenvalue weighted by atomic mass is 10.1. The second kappa shape index (κ2) is 5.65. The maximum absolute atomic E-state index is 12.1. The van der Waals surface area contributed by atoms with Crippen LogP contribution in [0, 0.1) is 0 Å². The molecule has 0 spiro atoms. The summed E-state index contributed by atoms with van der Waals surface area (Å²) in [6, 6.07) is 5.01. The molecule has 2 heterocycles. The first-order valence-electron chi connectivity index (χ1n) is 6.96. The minimum atomic E-state index is -1.44. The van der Waals surface area contributed by atoms with Crippen molar-refractivity contribution in [3.05, 3.63) is 56.2 Å². The predicted octanol–water partition coefficient (Wildman–Crippen LogP) is 1.51. The van der Waals surface area contributed by atoms with Crippen LogP contribution in [-0.2, 0) is 4.74 Å². The number of aromatic nitrogens is 1. The number of carbonyl (C=O) groups is 2. The van der Waals surface area contributed by atoms with Gasteiger partial charge in [-0.2, -0.15) is 0 Å². The van der Waals surface area contributed by atoms with Gasteiger partial charge in [-0.05, 0) is 25.1 Å². The van der Waals surface area contributed by atoms with Crippen LogP contribution >= 0.6 is 0 Å². The van der Waals surface area contributed by atoms with Gasteiger partial charge in [-0.3, -0.25) is 9.59 Å². The zero-order valence-electron chi connectivity index (χ0n) is 12.4. The summed E-state index contributed by atoms with van der Waals surface area (Å²) in [4.78, 5) is 49.6. The molecule has 0 radical (unpaired) electrons. The molecular weight excluding hydrogens is 318 g/mol. The molecule has 0 bridgehead atoms. The predicted molar refractivity (Wildman–Crippen MR) is 83.5 cm³/mol. The Labute approximate surface area is 133 Å². The van der Waals surface area contributed by atoms with Gasteiger partial charge in [0.2, 0.25) is 5.76 Å². The lowest BCUT2D eigenvalue weighted by molar-refractivity contribution is 0.0526. The number of carbonyl (C=O) groups excluding carboxylic acids is 1. The van der Waals surface area contributed by atoms with E-state index in [4.69, 9.17) is 14.3 Å². The summed E-state index contributed by atoms with van der Waals surface area (Å²) in [5.74, 6) is -2.62. The fourth-order valence-corrected chi connectivity index (χ4v) is 2.37. The maximum atomic E-state index is 12.1. The molecule has 0 aliphatic carbocycles. The first kappa shape index (κ1) is 15.5. The number of carboxylic acids is 1. The van der Waals surface area contributed by atoms with Crippen LogP contribution in [0.5, 0.6) is 0 Å². The molecule has 0 atom stereocenters. The van der Waals surface area contributed by atoms with E-state index in [1.807, 2.05) is 0 Å². The van der Waals surface area contributed by atoms with E-state index in [1.165, 1.54) is 18.2 Å². The molecule has 2 N–H and O–H groups in total. The summed E-state index contributed by atoms with van der Waals surface area (Å²) in [5, 5.41) is 8.95. The van der Waals surface area contributed by atoms with Crippen LogP contribution in [0.25, 0.3) is 21.9 Å². The Morgan fingerprint density at radius 2 is 2.00 bits per heavy atom. The van der Waals surface area contributed by atoms with E-state index in [2.05, 4.69) is 4.98 Å². The molecule has 0 unspecified atom stereocenters. The third-order valence-corrected chi connectivity index (χ3v) is 3.41. The van der Waals surface area contributed by atoms with Crippen molar-refractivity contribution in [2.45, 2.75) is 6.92 Å².